The molecule has 1 aromatic carbocycles. The van der Waals surface area contributed by atoms with E-state index in [0.29, 0.717) is 23.1 Å². The minimum atomic E-state index is -0.194. The Morgan fingerprint density at radius 2 is 2.11 bits per heavy atom. The third-order valence-corrected chi connectivity index (χ3v) is 3.45. The summed E-state index contributed by atoms with van der Waals surface area (Å²) in [6, 6.07) is 5.11. The van der Waals surface area contributed by atoms with E-state index in [0.717, 1.165) is 5.56 Å². The number of carbonyl (C=O) groups is 2. The minimum absolute atomic E-state index is 0.102. The lowest BCUT2D eigenvalue weighted by Crippen LogP contribution is -2.49. The highest BCUT2D eigenvalue weighted by molar-refractivity contribution is 6.42. The van der Waals surface area contributed by atoms with E-state index in [4.69, 9.17) is 23.2 Å². The number of hydrogen-bond donors (Lipinski definition) is 1. The minimum Gasteiger partial charge on any atom is -0.353 e. The zero-order valence-electron chi connectivity index (χ0n) is 10.0. The van der Waals surface area contributed by atoms with Gasteiger partial charge >= 0.3 is 0 Å². The molecule has 0 bridgehead atoms. The molecule has 19 heavy (non-hydrogen) atoms. The van der Waals surface area contributed by atoms with Crippen molar-refractivity contribution in [2.75, 3.05) is 19.6 Å². The first-order valence-electron chi connectivity index (χ1n) is 5.75. The van der Waals surface area contributed by atoms with Gasteiger partial charge in [0, 0.05) is 19.2 Å². The molecular weight excluding hydrogens is 287 g/mol. The Hall–Kier alpha value is -1.52. The largest absolute Gasteiger partial charge is 0.353 e. The van der Waals surface area contributed by atoms with Crippen molar-refractivity contribution in [3.63, 3.8) is 0 Å². The molecule has 1 saturated heterocycles. The van der Waals surface area contributed by atoms with Crippen LogP contribution in [0.3, 0.4) is 0 Å². The molecule has 0 spiro atoms. The molecule has 100 valence electrons. The molecule has 1 heterocycles. The molecule has 4 nitrogen and oxygen atoms in total. The van der Waals surface area contributed by atoms with Gasteiger partial charge in [-0.15, -0.1) is 0 Å². The number of hydrogen-bond acceptors (Lipinski definition) is 2. The lowest BCUT2D eigenvalue weighted by molar-refractivity contribution is -0.134. The second kappa shape index (κ2) is 6.08. The van der Waals surface area contributed by atoms with Crippen molar-refractivity contribution in [2.45, 2.75) is 0 Å². The monoisotopic (exact) mass is 298 g/mol. The van der Waals surface area contributed by atoms with E-state index in [1.54, 1.807) is 24.3 Å². The van der Waals surface area contributed by atoms with E-state index in [1.807, 2.05) is 0 Å². The topological polar surface area (TPSA) is 49.4 Å². The summed E-state index contributed by atoms with van der Waals surface area (Å²) in [7, 11) is 0. The van der Waals surface area contributed by atoms with Crippen LogP contribution in [-0.2, 0) is 9.59 Å². The number of carbonyl (C=O) groups excluding carboxylic acids is 2. The average molecular weight is 299 g/mol. The average Bonchev–Trinajstić information content (AvgIpc) is 2.40. The molecule has 0 radical (unpaired) electrons. The molecule has 1 fully saturated rings. The van der Waals surface area contributed by atoms with Crippen LogP contribution in [0, 0.1) is 0 Å². The highest BCUT2D eigenvalue weighted by Gasteiger charge is 2.18. The second-order valence-electron chi connectivity index (χ2n) is 4.12. The molecule has 0 aromatic heterocycles. The Morgan fingerprint density at radius 1 is 1.32 bits per heavy atom. The highest BCUT2D eigenvalue weighted by atomic mass is 35.5. The van der Waals surface area contributed by atoms with Crippen molar-refractivity contribution in [3.05, 3.63) is 39.9 Å². The standard InChI is InChI=1S/C13H12Cl2N2O2/c14-10-3-1-9(7-11(10)15)2-4-13(19)17-6-5-16-12(18)8-17/h1-4,7H,5-6,8H2,(H,16,18)/b4-2+. The van der Waals surface area contributed by atoms with Gasteiger partial charge in [0.2, 0.25) is 11.8 Å². The van der Waals surface area contributed by atoms with Crippen molar-refractivity contribution in [3.8, 4) is 0 Å². The van der Waals surface area contributed by atoms with Gasteiger partial charge in [-0.25, -0.2) is 0 Å². The van der Waals surface area contributed by atoms with E-state index in [1.165, 1.54) is 11.0 Å². The van der Waals surface area contributed by atoms with Gasteiger partial charge in [0.1, 0.15) is 0 Å². The third kappa shape index (κ3) is 3.72. The van der Waals surface area contributed by atoms with Crippen LogP contribution < -0.4 is 5.32 Å². The lowest BCUT2D eigenvalue weighted by atomic mass is 10.2. The van der Waals surface area contributed by atoms with E-state index in [2.05, 4.69) is 5.32 Å². The van der Waals surface area contributed by atoms with Gasteiger partial charge in [0.25, 0.3) is 0 Å². The Labute approximate surface area is 121 Å². The van der Waals surface area contributed by atoms with Gasteiger partial charge < -0.3 is 10.2 Å². The fourth-order valence-corrected chi connectivity index (χ4v) is 2.02. The lowest BCUT2D eigenvalue weighted by Gasteiger charge is -2.25. The summed E-state index contributed by atoms with van der Waals surface area (Å²) in [5.74, 6) is -0.330. The number of halogens is 2. The Balaban J connectivity index is 2.03. The summed E-state index contributed by atoms with van der Waals surface area (Å²) in [6.45, 7) is 1.12. The van der Waals surface area contributed by atoms with E-state index in [-0.39, 0.29) is 18.4 Å². The molecule has 6 heteroatoms. The molecular formula is C13H12Cl2N2O2. The van der Waals surface area contributed by atoms with Crippen LogP contribution in [0.1, 0.15) is 5.56 Å². The van der Waals surface area contributed by atoms with Crippen molar-refractivity contribution in [2.24, 2.45) is 0 Å². The zero-order chi connectivity index (χ0) is 13.8. The van der Waals surface area contributed by atoms with Crippen molar-refractivity contribution in [1.82, 2.24) is 10.2 Å². The van der Waals surface area contributed by atoms with Gasteiger partial charge in [0.05, 0.1) is 16.6 Å². The highest BCUT2D eigenvalue weighted by Crippen LogP contribution is 2.23. The Morgan fingerprint density at radius 3 is 2.79 bits per heavy atom. The molecule has 0 aliphatic carbocycles. The normalized spacial score (nSPS) is 15.7. The Kier molecular flexibility index (Phi) is 4.45. The molecule has 1 N–H and O–H groups in total. The van der Waals surface area contributed by atoms with Crippen LogP contribution in [-0.4, -0.2) is 36.3 Å². The predicted molar refractivity (Wildman–Crippen MR) is 75.1 cm³/mol. The summed E-state index contributed by atoms with van der Waals surface area (Å²) in [4.78, 5) is 24.5. The van der Waals surface area contributed by atoms with E-state index < -0.39 is 0 Å². The smallest absolute Gasteiger partial charge is 0.247 e. The van der Waals surface area contributed by atoms with Crippen LogP contribution in [0.15, 0.2) is 24.3 Å². The number of rotatable bonds is 2. The number of benzene rings is 1. The number of nitrogens with one attached hydrogen (secondary N) is 1. The fraction of sp³-hybridized carbons (Fsp3) is 0.231. The maximum absolute atomic E-state index is 11.9. The summed E-state index contributed by atoms with van der Waals surface area (Å²) in [6.07, 6.45) is 3.08. The molecule has 0 saturated carbocycles. The van der Waals surface area contributed by atoms with Gasteiger partial charge in [-0.05, 0) is 23.8 Å². The summed E-state index contributed by atoms with van der Waals surface area (Å²) in [5.41, 5.74) is 0.782. The molecule has 2 rings (SSSR count). The summed E-state index contributed by atoms with van der Waals surface area (Å²) in [5, 5.41) is 3.57. The van der Waals surface area contributed by atoms with Crippen LogP contribution in [0.4, 0.5) is 0 Å². The Bertz CT molecular complexity index is 543. The number of nitrogens with zero attached hydrogens (tertiary/aromatic N) is 1. The van der Waals surface area contributed by atoms with Gasteiger partial charge in [-0.3, -0.25) is 9.59 Å². The van der Waals surface area contributed by atoms with Gasteiger partial charge in [-0.2, -0.15) is 0 Å². The van der Waals surface area contributed by atoms with Gasteiger partial charge in [0.15, 0.2) is 0 Å². The van der Waals surface area contributed by atoms with Crippen molar-refractivity contribution < 1.29 is 9.59 Å². The molecule has 1 aliphatic heterocycles. The molecule has 2 amide bonds. The fourth-order valence-electron chi connectivity index (χ4n) is 1.72. The molecule has 1 aliphatic rings. The van der Waals surface area contributed by atoms with Crippen LogP contribution in [0.2, 0.25) is 10.0 Å². The van der Waals surface area contributed by atoms with Crippen molar-refractivity contribution >= 4 is 41.1 Å². The first kappa shape index (κ1) is 13.9. The van der Waals surface area contributed by atoms with E-state index in [9.17, 15) is 9.59 Å². The van der Waals surface area contributed by atoms with Crippen LogP contribution in [0.25, 0.3) is 6.08 Å². The van der Waals surface area contributed by atoms with Gasteiger partial charge in [-0.1, -0.05) is 29.3 Å². The first-order chi connectivity index (χ1) is 9.06. The SMILES string of the molecule is O=C1CN(C(=O)/C=C/c2ccc(Cl)c(Cl)c2)CCN1. The third-order valence-electron chi connectivity index (χ3n) is 2.71. The van der Waals surface area contributed by atoms with Crippen LogP contribution in [0.5, 0.6) is 0 Å². The zero-order valence-corrected chi connectivity index (χ0v) is 11.5. The maximum atomic E-state index is 11.9. The van der Waals surface area contributed by atoms with Crippen LogP contribution >= 0.6 is 23.2 Å². The van der Waals surface area contributed by atoms with Crippen molar-refractivity contribution in [1.29, 1.82) is 0 Å². The molecule has 0 atom stereocenters. The summed E-state index contributed by atoms with van der Waals surface area (Å²) >= 11 is 11.7. The predicted octanol–water partition coefficient (Wildman–Crippen LogP) is 1.96. The number of piperazine rings is 1. The number of amides is 2. The molecule has 1 aromatic rings. The molecule has 0 unspecified atom stereocenters. The maximum Gasteiger partial charge on any atom is 0.247 e. The quantitative estimate of drug-likeness (QED) is 0.849. The summed E-state index contributed by atoms with van der Waals surface area (Å²) < 4.78 is 0. The first-order valence-corrected chi connectivity index (χ1v) is 6.50. The second-order valence-corrected chi connectivity index (χ2v) is 4.93. The van der Waals surface area contributed by atoms with E-state index >= 15 is 0 Å².